The molecule has 0 aliphatic carbocycles. The molecule has 0 bridgehead atoms. The van der Waals surface area contributed by atoms with Crippen molar-refractivity contribution in [2.24, 2.45) is 0 Å². The van der Waals surface area contributed by atoms with Crippen LogP contribution in [-0.2, 0) is 11.3 Å². The van der Waals surface area contributed by atoms with E-state index < -0.39 is 0 Å². The summed E-state index contributed by atoms with van der Waals surface area (Å²) >= 11 is 0. The van der Waals surface area contributed by atoms with E-state index in [0.29, 0.717) is 5.82 Å². The van der Waals surface area contributed by atoms with Crippen molar-refractivity contribution in [3.8, 4) is 0 Å². The van der Waals surface area contributed by atoms with Crippen molar-refractivity contribution in [2.75, 3.05) is 19.0 Å². The number of carbonyl (C=O) groups is 1. The third-order valence-corrected chi connectivity index (χ3v) is 2.65. The molecule has 7 heteroatoms. The van der Waals surface area contributed by atoms with Crippen molar-refractivity contribution in [1.82, 2.24) is 25.9 Å². The molecule has 1 amide bonds. The third kappa shape index (κ3) is 3.91. The second-order valence-corrected chi connectivity index (χ2v) is 4.37. The lowest BCUT2D eigenvalue weighted by atomic mass is 10.2. The monoisotopic (exact) mass is 272 g/mol. The van der Waals surface area contributed by atoms with Gasteiger partial charge in [0.15, 0.2) is 5.82 Å². The number of amides is 1. The van der Waals surface area contributed by atoms with E-state index >= 15 is 0 Å². The molecule has 20 heavy (non-hydrogen) atoms. The molecule has 1 aromatic carbocycles. The molecule has 0 spiro atoms. The molecule has 0 atom stereocenters. The van der Waals surface area contributed by atoms with Crippen LogP contribution in [0.25, 0.3) is 6.08 Å². The highest BCUT2D eigenvalue weighted by molar-refractivity contribution is 5.91. The van der Waals surface area contributed by atoms with Gasteiger partial charge in [-0.3, -0.25) is 4.79 Å². The SMILES string of the molecule is CN(C)c1ccc(C=CC(=O)NCc2nn[nH]n2)cc1. The van der Waals surface area contributed by atoms with Crippen molar-refractivity contribution < 1.29 is 4.79 Å². The Bertz CT molecular complexity index is 573. The molecule has 7 nitrogen and oxygen atoms in total. The van der Waals surface area contributed by atoms with Gasteiger partial charge in [0.25, 0.3) is 0 Å². The first-order chi connectivity index (χ1) is 9.65. The highest BCUT2D eigenvalue weighted by Crippen LogP contribution is 2.12. The third-order valence-electron chi connectivity index (χ3n) is 2.65. The van der Waals surface area contributed by atoms with Gasteiger partial charge in [0, 0.05) is 25.9 Å². The second-order valence-electron chi connectivity index (χ2n) is 4.37. The normalized spacial score (nSPS) is 10.7. The minimum Gasteiger partial charge on any atom is -0.378 e. The number of H-pyrrole nitrogens is 1. The van der Waals surface area contributed by atoms with Crippen LogP contribution in [0.3, 0.4) is 0 Å². The van der Waals surface area contributed by atoms with Gasteiger partial charge in [0.1, 0.15) is 0 Å². The summed E-state index contributed by atoms with van der Waals surface area (Å²) in [6.45, 7) is 0.249. The number of aromatic nitrogens is 4. The molecule has 1 aromatic heterocycles. The molecular formula is C13H16N6O. The Labute approximate surface area is 116 Å². The minimum absolute atomic E-state index is 0.202. The number of nitrogens with one attached hydrogen (secondary N) is 2. The van der Waals surface area contributed by atoms with Crippen LogP contribution < -0.4 is 10.2 Å². The van der Waals surface area contributed by atoms with Crippen LogP contribution in [0.2, 0.25) is 0 Å². The second kappa shape index (κ2) is 6.46. The quantitative estimate of drug-likeness (QED) is 0.778. The smallest absolute Gasteiger partial charge is 0.244 e. The Morgan fingerprint density at radius 2 is 2.10 bits per heavy atom. The maximum atomic E-state index is 11.6. The summed E-state index contributed by atoms with van der Waals surface area (Å²) in [5.41, 5.74) is 2.08. The Balaban J connectivity index is 1.86. The van der Waals surface area contributed by atoms with Crippen LogP contribution in [-0.4, -0.2) is 40.6 Å². The van der Waals surface area contributed by atoms with Crippen molar-refractivity contribution in [1.29, 1.82) is 0 Å². The Hall–Kier alpha value is -2.70. The van der Waals surface area contributed by atoms with Gasteiger partial charge >= 0.3 is 0 Å². The summed E-state index contributed by atoms with van der Waals surface area (Å²) in [4.78, 5) is 13.6. The number of anilines is 1. The summed E-state index contributed by atoms with van der Waals surface area (Å²) in [6, 6.07) is 7.91. The predicted molar refractivity (Wildman–Crippen MR) is 75.8 cm³/mol. The number of hydrogen-bond acceptors (Lipinski definition) is 5. The van der Waals surface area contributed by atoms with Gasteiger partial charge in [0.05, 0.1) is 6.54 Å². The number of benzene rings is 1. The molecule has 0 radical (unpaired) electrons. The molecule has 2 rings (SSSR count). The van der Waals surface area contributed by atoms with Crippen LogP contribution in [0.5, 0.6) is 0 Å². The number of rotatable bonds is 5. The summed E-state index contributed by atoms with van der Waals surface area (Å²) < 4.78 is 0. The van der Waals surface area contributed by atoms with E-state index in [1.165, 1.54) is 6.08 Å². The van der Waals surface area contributed by atoms with E-state index in [4.69, 9.17) is 0 Å². The van der Waals surface area contributed by atoms with E-state index in [2.05, 4.69) is 25.9 Å². The lowest BCUT2D eigenvalue weighted by molar-refractivity contribution is -0.116. The van der Waals surface area contributed by atoms with Crippen LogP contribution in [0.1, 0.15) is 11.4 Å². The molecule has 0 aliphatic heterocycles. The summed E-state index contributed by atoms with van der Waals surface area (Å²) in [5.74, 6) is 0.244. The highest BCUT2D eigenvalue weighted by Gasteiger charge is 2.00. The highest BCUT2D eigenvalue weighted by atomic mass is 16.1. The maximum absolute atomic E-state index is 11.6. The van der Waals surface area contributed by atoms with Gasteiger partial charge in [-0.05, 0) is 23.8 Å². The number of hydrogen-bond donors (Lipinski definition) is 2. The van der Waals surface area contributed by atoms with Crippen LogP contribution >= 0.6 is 0 Å². The number of nitrogens with zero attached hydrogens (tertiary/aromatic N) is 4. The Morgan fingerprint density at radius 1 is 1.35 bits per heavy atom. The van der Waals surface area contributed by atoms with Crippen LogP contribution in [0.15, 0.2) is 30.3 Å². The molecule has 104 valence electrons. The van der Waals surface area contributed by atoms with E-state index in [1.807, 2.05) is 43.3 Å². The fraction of sp³-hybridized carbons (Fsp3) is 0.231. The van der Waals surface area contributed by atoms with E-state index in [1.54, 1.807) is 6.08 Å². The van der Waals surface area contributed by atoms with E-state index in [-0.39, 0.29) is 12.5 Å². The van der Waals surface area contributed by atoms with Gasteiger partial charge in [-0.25, -0.2) is 0 Å². The lowest BCUT2D eigenvalue weighted by Gasteiger charge is -2.11. The van der Waals surface area contributed by atoms with Gasteiger partial charge in [-0.2, -0.15) is 5.21 Å². The van der Waals surface area contributed by atoms with Crippen molar-refractivity contribution in [2.45, 2.75) is 6.54 Å². The zero-order valence-electron chi connectivity index (χ0n) is 11.4. The average Bonchev–Trinajstić information content (AvgIpc) is 2.96. The van der Waals surface area contributed by atoms with Crippen LogP contribution in [0, 0.1) is 0 Å². The standard InChI is InChI=1S/C13H16N6O/c1-19(2)11-6-3-10(4-7-11)5-8-13(20)14-9-12-15-17-18-16-12/h3-8H,9H2,1-2H3,(H,14,20)(H,15,16,17,18). The zero-order valence-corrected chi connectivity index (χ0v) is 11.4. The fourth-order valence-corrected chi connectivity index (χ4v) is 1.54. The molecule has 1 heterocycles. The predicted octanol–water partition coefficient (Wildman–Crippen LogP) is 0.595. The number of carbonyl (C=O) groups excluding carboxylic acids is 1. The van der Waals surface area contributed by atoms with E-state index in [0.717, 1.165) is 11.3 Å². The van der Waals surface area contributed by atoms with Gasteiger partial charge in [-0.1, -0.05) is 17.3 Å². The maximum Gasteiger partial charge on any atom is 0.244 e. The lowest BCUT2D eigenvalue weighted by Crippen LogP contribution is -2.20. The topological polar surface area (TPSA) is 86.8 Å². The first-order valence-corrected chi connectivity index (χ1v) is 6.11. The minimum atomic E-state index is -0.202. The molecule has 2 N–H and O–H groups in total. The van der Waals surface area contributed by atoms with Crippen molar-refractivity contribution in [3.05, 3.63) is 41.7 Å². The fourth-order valence-electron chi connectivity index (χ4n) is 1.54. The molecule has 0 aliphatic rings. The molecule has 0 saturated heterocycles. The summed E-state index contributed by atoms with van der Waals surface area (Å²) in [6.07, 6.45) is 3.23. The summed E-state index contributed by atoms with van der Waals surface area (Å²) in [5, 5.41) is 15.9. The molecule has 0 fully saturated rings. The van der Waals surface area contributed by atoms with Gasteiger partial charge in [-0.15, -0.1) is 10.2 Å². The van der Waals surface area contributed by atoms with E-state index in [9.17, 15) is 4.79 Å². The first kappa shape index (κ1) is 13.7. The average molecular weight is 272 g/mol. The Morgan fingerprint density at radius 3 is 2.70 bits per heavy atom. The zero-order chi connectivity index (χ0) is 14.4. The molecule has 2 aromatic rings. The number of tetrazole rings is 1. The van der Waals surface area contributed by atoms with Crippen molar-refractivity contribution in [3.63, 3.8) is 0 Å². The molecule has 0 unspecified atom stereocenters. The van der Waals surface area contributed by atoms with Gasteiger partial charge < -0.3 is 10.2 Å². The van der Waals surface area contributed by atoms with Crippen LogP contribution in [0.4, 0.5) is 5.69 Å². The Kier molecular flexibility index (Phi) is 4.43. The summed E-state index contributed by atoms with van der Waals surface area (Å²) in [7, 11) is 3.96. The number of aromatic amines is 1. The molecule has 0 saturated carbocycles. The largest absolute Gasteiger partial charge is 0.378 e. The van der Waals surface area contributed by atoms with Gasteiger partial charge in [0.2, 0.25) is 5.91 Å². The van der Waals surface area contributed by atoms with Crippen molar-refractivity contribution >= 4 is 17.7 Å². The first-order valence-electron chi connectivity index (χ1n) is 6.11. The molecular weight excluding hydrogens is 256 g/mol.